The van der Waals surface area contributed by atoms with Crippen LogP contribution < -0.4 is 5.32 Å². The average molecular weight is 273 g/mol. The molecule has 0 fully saturated rings. The van der Waals surface area contributed by atoms with Crippen molar-refractivity contribution in [2.45, 2.75) is 13.2 Å². The number of hydrogen-bond donors (Lipinski definition) is 1. The van der Waals surface area contributed by atoms with Crippen LogP contribution in [0.2, 0.25) is 0 Å². The molecule has 2 rings (SSSR count). The van der Waals surface area contributed by atoms with E-state index in [1.165, 1.54) is 6.07 Å². The predicted molar refractivity (Wildman–Crippen MR) is 74.3 cm³/mol. The molecular weight excluding hydrogens is 257 g/mol. The summed E-state index contributed by atoms with van der Waals surface area (Å²) in [5, 5.41) is 2.62. The number of carbonyl (C=O) groups is 1. The zero-order valence-electron chi connectivity index (χ0n) is 11.0. The molecule has 0 aliphatic heterocycles. The summed E-state index contributed by atoms with van der Waals surface area (Å²) in [5.41, 5.74) is 1.47. The van der Waals surface area contributed by atoms with Crippen molar-refractivity contribution >= 4 is 5.91 Å². The van der Waals surface area contributed by atoms with Crippen molar-refractivity contribution in [3.05, 3.63) is 71.5 Å². The van der Waals surface area contributed by atoms with Gasteiger partial charge < -0.3 is 10.1 Å². The van der Waals surface area contributed by atoms with Crippen molar-refractivity contribution in [3.63, 3.8) is 0 Å². The van der Waals surface area contributed by atoms with Crippen LogP contribution in [0.4, 0.5) is 4.39 Å². The van der Waals surface area contributed by atoms with Gasteiger partial charge in [-0.3, -0.25) is 4.79 Å². The van der Waals surface area contributed by atoms with Crippen molar-refractivity contribution in [2.75, 3.05) is 6.61 Å². The van der Waals surface area contributed by atoms with Crippen LogP contribution in [0.25, 0.3) is 0 Å². The van der Waals surface area contributed by atoms with Crippen LogP contribution in [0.1, 0.15) is 11.1 Å². The van der Waals surface area contributed by atoms with Gasteiger partial charge in [0.2, 0.25) is 5.91 Å². The fraction of sp³-hybridized carbons (Fsp3) is 0.188. The number of benzene rings is 2. The molecule has 2 aromatic carbocycles. The Kier molecular flexibility index (Phi) is 5.26. The van der Waals surface area contributed by atoms with Gasteiger partial charge in [0.15, 0.2) is 0 Å². The molecule has 3 nitrogen and oxygen atoms in total. The fourth-order valence-corrected chi connectivity index (χ4v) is 1.72. The van der Waals surface area contributed by atoms with Gasteiger partial charge in [0, 0.05) is 12.1 Å². The summed E-state index contributed by atoms with van der Waals surface area (Å²) >= 11 is 0. The number of hydrogen-bond acceptors (Lipinski definition) is 2. The topological polar surface area (TPSA) is 38.3 Å². The highest BCUT2D eigenvalue weighted by Crippen LogP contribution is 2.05. The minimum absolute atomic E-state index is 0.0383. The molecule has 104 valence electrons. The average Bonchev–Trinajstić information content (AvgIpc) is 2.47. The highest BCUT2D eigenvalue weighted by atomic mass is 19.1. The Balaban J connectivity index is 1.70. The molecule has 0 bridgehead atoms. The van der Waals surface area contributed by atoms with Gasteiger partial charge >= 0.3 is 0 Å². The van der Waals surface area contributed by atoms with E-state index < -0.39 is 0 Å². The van der Waals surface area contributed by atoms with Gasteiger partial charge in [-0.05, 0) is 11.6 Å². The SMILES string of the molecule is O=C(COCc1ccccc1)NCc1ccccc1F. The van der Waals surface area contributed by atoms with Crippen molar-refractivity contribution in [1.82, 2.24) is 5.32 Å². The highest BCUT2D eigenvalue weighted by molar-refractivity contribution is 5.77. The van der Waals surface area contributed by atoms with Crippen LogP contribution in [0.15, 0.2) is 54.6 Å². The zero-order chi connectivity index (χ0) is 14.2. The van der Waals surface area contributed by atoms with E-state index in [1.54, 1.807) is 18.2 Å². The van der Waals surface area contributed by atoms with E-state index in [-0.39, 0.29) is 24.9 Å². The number of halogens is 1. The Morgan fingerprint density at radius 3 is 2.50 bits per heavy atom. The zero-order valence-corrected chi connectivity index (χ0v) is 11.0. The van der Waals surface area contributed by atoms with Gasteiger partial charge in [-0.25, -0.2) is 4.39 Å². The van der Waals surface area contributed by atoms with Gasteiger partial charge in [-0.15, -0.1) is 0 Å². The molecule has 0 heterocycles. The molecule has 0 radical (unpaired) electrons. The lowest BCUT2D eigenvalue weighted by Gasteiger charge is -2.07. The molecule has 20 heavy (non-hydrogen) atoms. The maximum atomic E-state index is 13.3. The number of rotatable bonds is 6. The molecule has 0 aromatic heterocycles. The third-order valence-corrected chi connectivity index (χ3v) is 2.78. The lowest BCUT2D eigenvalue weighted by Crippen LogP contribution is -2.27. The minimum atomic E-state index is -0.321. The third kappa shape index (κ3) is 4.48. The first-order valence-electron chi connectivity index (χ1n) is 6.37. The summed E-state index contributed by atoms with van der Waals surface area (Å²) in [6.07, 6.45) is 0. The Morgan fingerprint density at radius 1 is 1.05 bits per heavy atom. The smallest absolute Gasteiger partial charge is 0.246 e. The normalized spacial score (nSPS) is 10.2. The third-order valence-electron chi connectivity index (χ3n) is 2.78. The van der Waals surface area contributed by atoms with E-state index in [0.29, 0.717) is 12.2 Å². The number of nitrogens with one attached hydrogen (secondary N) is 1. The molecular formula is C16H16FNO2. The van der Waals surface area contributed by atoms with Gasteiger partial charge in [0.05, 0.1) is 6.61 Å². The highest BCUT2D eigenvalue weighted by Gasteiger charge is 2.04. The fourth-order valence-electron chi connectivity index (χ4n) is 1.72. The summed E-state index contributed by atoms with van der Waals surface area (Å²) in [5.74, 6) is -0.581. The van der Waals surface area contributed by atoms with Crippen LogP contribution >= 0.6 is 0 Å². The van der Waals surface area contributed by atoms with Crippen molar-refractivity contribution in [3.8, 4) is 0 Å². The standard InChI is InChI=1S/C16H16FNO2/c17-15-9-5-4-8-14(15)10-18-16(19)12-20-11-13-6-2-1-3-7-13/h1-9H,10-12H2,(H,18,19). The summed E-state index contributed by atoms with van der Waals surface area (Å²) in [6, 6.07) is 16.0. The van der Waals surface area contributed by atoms with Gasteiger partial charge in [0.1, 0.15) is 12.4 Å². The summed E-state index contributed by atoms with van der Waals surface area (Å²) in [4.78, 5) is 11.6. The van der Waals surface area contributed by atoms with E-state index in [1.807, 2.05) is 30.3 Å². The maximum Gasteiger partial charge on any atom is 0.246 e. The predicted octanol–water partition coefficient (Wildman–Crippen LogP) is 2.66. The molecule has 0 aliphatic carbocycles. The first-order valence-corrected chi connectivity index (χ1v) is 6.37. The van der Waals surface area contributed by atoms with Crippen LogP contribution in [0.3, 0.4) is 0 Å². The second kappa shape index (κ2) is 7.40. The minimum Gasteiger partial charge on any atom is -0.367 e. The Bertz CT molecular complexity index is 557. The summed E-state index contributed by atoms with van der Waals surface area (Å²) < 4.78 is 18.6. The lowest BCUT2D eigenvalue weighted by atomic mass is 10.2. The summed E-state index contributed by atoms with van der Waals surface area (Å²) in [6.45, 7) is 0.511. The number of carbonyl (C=O) groups excluding carboxylic acids is 1. The lowest BCUT2D eigenvalue weighted by molar-refractivity contribution is -0.126. The second-order valence-electron chi connectivity index (χ2n) is 4.35. The van der Waals surface area contributed by atoms with Crippen LogP contribution in [-0.2, 0) is 22.7 Å². The molecule has 1 amide bonds. The first kappa shape index (κ1) is 14.2. The molecule has 0 saturated heterocycles. The van der Waals surface area contributed by atoms with E-state index in [2.05, 4.69) is 5.32 Å². The van der Waals surface area contributed by atoms with Crippen molar-refractivity contribution in [2.24, 2.45) is 0 Å². The molecule has 0 aliphatic rings. The maximum absolute atomic E-state index is 13.3. The van der Waals surface area contributed by atoms with E-state index in [4.69, 9.17) is 4.74 Å². The first-order chi connectivity index (χ1) is 9.75. The number of amides is 1. The molecule has 4 heteroatoms. The number of ether oxygens (including phenoxy) is 1. The Labute approximate surface area is 117 Å². The van der Waals surface area contributed by atoms with E-state index in [9.17, 15) is 9.18 Å². The quantitative estimate of drug-likeness (QED) is 0.878. The second-order valence-corrected chi connectivity index (χ2v) is 4.35. The van der Waals surface area contributed by atoms with Crippen LogP contribution in [-0.4, -0.2) is 12.5 Å². The van der Waals surface area contributed by atoms with Crippen LogP contribution in [0, 0.1) is 5.82 Å². The largest absolute Gasteiger partial charge is 0.367 e. The Morgan fingerprint density at radius 2 is 1.75 bits per heavy atom. The Hall–Kier alpha value is -2.20. The molecule has 0 unspecified atom stereocenters. The van der Waals surface area contributed by atoms with Crippen molar-refractivity contribution < 1.29 is 13.9 Å². The molecule has 0 spiro atoms. The van der Waals surface area contributed by atoms with Gasteiger partial charge in [-0.2, -0.15) is 0 Å². The molecule has 0 saturated carbocycles. The molecule has 0 atom stereocenters. The molecule has 2 aromatic rings. The van der Waals surface area contributed by atoms with E-state index in [0.717, 1.165) is 5.56 Å². The summed E-state index contributed by atoms with van der Waals surface area (Å²) in [7, 11) is 0. The monoisotopic (exact) mass is 273 g/mol. The van der Waals surface area contributed by atoms with E-state index >= 15 is 0 Å². The van der Waals surface area contributed by atoms with Crippen LogP contribution in [0.5, 0.6) is 0 Å². The van der Waals surface area contributed by atoms with Gasteiger partial charge in [-0.1, -0.05) is 48.5 Å². The van der Waals surface area contributed by atoms with Crippen molar-refractivity contribution in [1.29, 1.82) is 0 Å². The van der Waals surface area contributed by atoms with Gasteiger partial charge in [0.25, 0.3) is 0 Å². The molecule has 1 N–H and O–H groups in total.